The van der Waals surface area contributed by atoms with Gasteiger partial charge in [0, 0.05) is 19.6 Å². The van der Waals surface area contributed by atoms with Gasteiger partial charge in [-0.05, 0) is 12.5 Å². The van der Waals surface area contributed by atoms with E-state index in [-0.39, 0.29) is 31.3 Å². The molecular weight excluding hydrogens is 338 g/mol. The molecular formula is C18H21N3O5. The van der Waals surface area contributed by atoms with E-state index in [9.17, 15) is 14.7 Å². The molecule has 1 aromatic heterocycles. The van der Waals surface area contributed by atoms with Crippen LogP contribution in [0, 0.1) is 0 Å². The summed E-state index contributed by atoms with van der Waals surface area (Å²) < 4.78 is 12.2. The Morgan fingerprint density at radius 3 is 2.73 bits per heavy atom. The lowest BCUT2D eigenvalue weighted by Crippen LogP contribution is -2.29. The van der Waals surface area contributed by atoms with Crippen molar-refractivity contribution in [3.05, 3.63) is 51.9 Å². The Morgan fingerprint density at radius 2 is 2.04 bits per heavy atom. The number of β-amino-alcohol motifs (C(OH)–C–C–N with tert-alkyl or cyclic N) is 1. The number of carbonyl (C=O) groups is 1. The van der Waals surface area contributed by atoms with Gasteiger partial charge in [0.25, 0.3) is 5.56 Å². The van der Waals surface area contributed by atoms with Gasteiger partial charge in [0.05, 0.1) is 13.2 Å². The molecule has 1 aromatic carbocycles. The second-order valence-corrected chi connectivity index (χ2v) is 5.75. The number of hydrogen-bond donors (Lipinski definition) is 1. The van der Waals surface area contributed by atoms with Gasteiger partial charge in [0.1, 0.15) is 6.61 Å². The predicted molar refractivity (Wildman–Crippen MR) is 94.5 cm³/mol. The largest absolute Gasteiger partial charge is 0.481 e. The molecule has 1 aliphatic heterocycles. The normalized spacial score (nSPS) is 12.8. The molecule has 0 unspecified atom stereocenters. The molecule has 0 atom stereocenters. The van der Waals surface area contributed by atoms with Crippen LogP contribution in [0.5, 0.6) is 5.75 Å². The van der Waals surface area contributed by atoms with Gasteiger partial charge in [-0.25, -0.2) is 9.78 Å². The Kier molecular flexibility index (Phi) is 5.52. The Hall–Kier alpha value is -2.87. The molecule has 0 saturated carbocycles. The number of hydrogen-bond acceptors (Lipinski definition) is 7. The van der Waals surface area contributed by atoms with Crippen molar-refractivity contribution in [2.75, 3.05) is 31.2 Å². The van der Waals surface area contributed by atoms with Gasteiger partial charge < -0.3 is 19.5 Å². The second kappa shape index (κ2) is 8.01. The van der Waals surface area contributed by atoms with Crippen LogP contribution < -0.4 is 15.2 Å². The number of aliphatic hydroxyl groups excluding tert-OH is 1. The van der Waals surface area contributed by atoms with Crippen LogP contribution in [0.2, 0.25) is 0 Å². The number of anilines is 1. The van der Waals surface area contributed by atoms with Crippen LogP contribution in [-0.4, -0.2) is 46.9 Å². The molecule has 0 bridgehead atoms. The monoisotopic (exact) mass is 359 g/mol. The summed E-state index contributed by atoms with van der Waals surface area (Å²) >= 11 is 0. The van der Waals surface area contributed by atoms with Gasteiger partial charge in [-0.3, -0.25) is 9.36 Å². The maximum atomic E-state index is 12.9. The summed E-state index contributed by atoms with van der Waals surface area (Å²) in [6.45, 7) is 3.21. The number of nitrogens with zero attached hydrogens (tertiary/aromatic N) is 3. The highest BCUT2D eigenvalue weighted by atomic mass is 16.5. The van der Waals surface area contributed by atoms with Crippen molar-refractivity contribution in [1.82, 2.24) is 9.55 Å². The van der Waals surface area contributed by atoms with E-state index in [1.54, 1.807) is 11.8 Å². The van der Waals surface area contributed by atoms with E-state index in [4.69, 9.17) is 9.47 Å². The van der Waals surface area contributed by atoms with Crippen LogP contribution in [-0.2, 0) is 17.9 Å². The fraction of sp³-hybridized carbons (Fsp3) is 0.389. The van der Waals surface area contributed by atoms with Crippen LogP contribution in [0.25, 0.3) is 0 Å². The third kappa shape index (κ3) is 3.55. The lowest BCUT2D eigenvalue weighted by atomic mass is 10.2. The number of carbonyl (C=O) groups excluding carboxylic acids is 1. The minimum Gasteiger partial charge on any atom is -0.481 e. The third-order valence-electron chi connectivity index (χ3n) is 4.05. The zero-order chi connectivity index (χ0) is 18.5. The summed E-state index contributed by atoms with van der Waals surface area (Å²) in [6.07, 6.45) is 0. The summed E-state index contributed by atoms with van der Waals surface area (Å²) in [7, 11) is 0. The smallest absolute Gasteiger partial charge is 0.361 e. The molecule has 1 N–H and O–H groups in total. The predicted octanol–water partition coefficient (Wildman–Crippen LogP) is 0.811. The number of benzene rings is 1. The molecule has 2 heterocycles. The summed E-state index contributed by atoms with van der Waals surface area (Å²) in [5, 5.41) is 9.18. The van der Waals surface area contributed by atoms with Crippen LogP contribution in [0.1, 0.15) is 23.0 Å². The standard InChI is InChI=1S/C18H21N3O5/c1-2-25-17(24)14-15(26-12-13-6-4-3-5-7-13)16(23)21-9-8-20(10-11-22)18(21)19-14/h3-7,22H,2,8-12H2,1H3. The van der Waals surface area contributed by atoms with E-state index in [0.717, 1.165) is 5.56 Å². The molecule has 26 heavy (non-hydrogen) atoms. The Balaban J connectivity index is 1.99. The number of esters is 1. The topological polar surface area (TPSA) is 93.9 Å². The van der Waals surface area contributed by atoms with Crippen molar-refractivity contribution in [3.8, 4) is 5.75 Å². The van der Waals surface area contributed by atoms with E-state index in [0.29, 0.717) is 25.6 Å². The molecule has 2 aromatic rings. The maximum Gasteiger partial charge on any atom is 0.361 e. The fourth-order valence-electron chi connectivity index (χ4n) is 2.82. The van der Waals surface area contributed by atoms with Crippen LogP contribution >= 0.6 is 0 Å². The lowest BCUT2D eigenvalue weighted by Gasteiger charge is -2.17. The molecule has 3 rings (SSSR count). The molecule has 0 fully saturated rings. The van der Waals surface area contributed by atoms with E-state index >= 15 is 0 Å². The molecule has 1 aliphatic rings. The zero-order valence-electron chi connectivity index (χ0n) is 14.6. The van der Waals surface area contributed by atoms with Crippen LogP contribution in [0.3, 0.4) is 0 Å². The maximum absolute atomic E-state index is 12.9. The molecule has 0 spiro atoms. The number of aromatic nitrogens is 2. The van der Waals surface area contributed by atoms with Gasteiger partial charge in [-0.2, -0.15) is 0 Å². The molecule has 0 aliphatic carbocycles. The quantitative estimate of drug-likeness (QED) is 0.731. The molecule has 8 nitrogen and oxygen atoms in total. The molecule has 8 heteroatoms. The summed E-state index contributed by atoms with van der Waals surface area (Å²) in [4.78, 5) is 31.3. The number of aliphatic hydroxyl groups is 1. The minimum atomic E-state index is -0.702. The van der Waals surface area contributed by atoms with E-state index in [1.165, 1.54) is 4.57 Å². The van der Waals surface area contributed by atoms with E-state index < -0.39 is 11.5 Å². The fourth-order valence-corrected chi connectivity index (χ4v) is 2.82. The van der Waals surface area contributed by atoms with E-state index in [2.05, 4.69) is 4.98 Å². The first-order valence-electron chi connectivity index (χ1n) is 8.50. The van der Waals surface area contributed by atoms with Crippen molar-refractivity contribution >= 4 is 11.9 Å². The van der Waals surface area contributed by atoms with Crippen molar-refractivity contribution in [2.45, 2.75) is 20.1 Å². The van der Waals surface area contributed by atoms with Gasteiger partial charge in [-0.15, -0.1) is 0 Å². The van der Waals surface area contributed by atoms with Gasteiger partial charge in [0.15, 0.2) is 5.69 Å². The summed E-state index contributed by atoms with van der Waals surface area (Å²) in [5.74, 6) is -0.465. The second-order valence-electron chi connectivity index (χ2n) is 5.75. The molecule has 0 amide bonds. The SMILES string of the molecule is CCOC(=O)c1nc2n(c(=O)c1OCc1ccccc1)CCN2CCO. The first kappa shape index (κ1) is 17.9. The lowest BCUT2D eigenvalue weighted by molar-refractivity contribution is 0.0513. The van der Waals surface area contributed by atoms with Crippen molar-refractivity contribution in [2.24, 2.45) is 0 Å². The highest BCUT2D eigenvalue weighted by Gasteiger charge is 2.29. The Bertz CT molecular complexity index is 835. The highest BCUT2D eigenvalue weighted by molar-refractivity contribution is 5.90. The first-order chi connectivity index (χ1) is 12.7. The summed E-state index contributed by atoms with van der Waals surface area (Å²) in [5.41, 5.74) is 0.312. The number of rotatable bonds is 7. The zero-order valence-corrected chi connectivity index (χ0v) is 14.6. The van der Waals surface area contributed by atoms with Gasteiger partial charge in [0.2, 0.25) is 11.7 Å². The van der Waals surface area contributed by atoms with Gasteiger partial charge in [-0.1, -0.05) is 30.3 Å². The highest BCUT2D eigenvalue weighted by Crippen LogP contribution is 2.22. The van der Waals surface area contributed by atoms with Crippen molar-refractivity contribution < 1.29 is 19.4 Å². The van der Waals surface area contributed by atoms with Crippen LogP contribution in [0.4, 0.5) is 5.95 Å². The molecule has 0 saturated heterocycles. The number of fused-ring (bicyclic) bond motifs is 1. The van der Waals surface area contributed by atoms with Crippen molar-refractivity contribution in [1.29, 1.82) is 0 Å². The average molecular weight is 359 g/mol. The summed E-state index contributed by atoms with van der Waals surface area (Å²) in [6, 6.07) is 9.35. The first-order valence-corrected chi connectivity index (χ1v) is 8.50. The molecule has 0 radical (unpaired) electrons. The number of ether oxygens (including phenoxy) is 2. The Labute approximate surface area is 150 Å². The third-order valence-corrected chi connectivity index (χ3v) is 4.05. The van der Waals surface area contributed by atoms with Crippen LogP contribution in [0.15, 0.2) is 35.1 Å². The minimum absolute atomic E-state index is 0.0726. The average Bonchev–Trinajstić information content (AvgIpc) is 3.05. The van der Waals surface area contributed by atoms with E-state index in [1.807, 2.05) is 30.3 Å². The Morgan fingerprint density at radius 1 is 1.27 bits per heavy atom. The van der Waals surface area contributed by atoms with Crippen molar-refractivity contribution in [3.63, 3.8) is 0 Å². The molecule has 138 valence electrons. The van der Waals surface area contributed by atoms with Gasteiger partial charge >= 0.3 is 5.97 Å².